The Kier molecular flexibility index (Phi) is 5.12. The molecule has 0 bridgehead atoms. The summed E-state index contributed by atoms with van der Waals surface area (Å²) < 4.78 is 0. The molecule has 2 nitrogen and oxygen atoms in total. The third kappa shape index (κ3) is 4.12. The molecule has 1 aliphatic carbocycles. The van der Waals surface area contributed by atoms with E-state index in [1.165, 1.54) is 0 Å². The van der Waals surface area contributed by atoms with Gasteiger partial charge in [-0.2, -0.15) is 0 Å². The molecule has 1 fully saturated rings. The van der Waals surface area contributed by atoms with Crippen molar-refractivity contribution in [2.24, 2.45) is 5.92 Å². The Labute approximate surface area is 124 Å². The van der Waals surface area contributed by atoms with E-state index < -0.39 is 0 Å². The first kappa shape index (κ1) is 14.7. The number of hydrogen-bond acceptors (Lipinski definition) is 1. The van der Waals surface area contributed by atoms with Gasteiger partial charge >= 0.3 is 0 Å². The lowest BCUT2D eigenvalue weighted by atomic mass is 9.89. The number of amides is 1. The summed E-state index contributed by atoms with van der Waals surface area (Å²) in [7, 11) is 0. The van der Waals surface area contributed by atoms with Crippen LogP contribution < -0.4 is 5.32 Å². The Morgan fingerprint density at radius 3 is 2.63 bits per heavy atom. The molecule has 19 heavy (non-hydrogen) atoms. The topological polar surface area (TPSA) is 29.1 Å². The molecule has 1 N–H and O–H groups in total. The minimum atomic E-state index is -0.0852. The lowest BCUT2D eigenvalue weighted by molar-refractivity contribution is 0.0944. The maximum atomic E-state index is 12.1. The minimum Gasteiger partial charge on any atom is -0.352 e. The van der Waals surface area contributed by atoms with Crippen molar-refractivity contribution in [2.45, 2.75) is 38.0 Å². The zero-order valence-corrected chi connectivity index (χ0v) is 12.6. The quantitative estimate of drug-likeness (QED) is 0.834. The van der Waals surface area contributed by atoms with E-state index in [1.807, 2.05) is 19.1 Å². The van der Waals surface area contributed by atoms with Gasteiger partial charge in [0.15, 0.2) is 0 Å². The van der Waals surface area contributed by atoms with E-state index in [9.17, 15) is 4.79 Å². The van der Waals surface area contributed by atoms with Gasteiger partial charge in [0.05, 0.1) is 10.6 Å². The smallest absolute Gasteiger partial charge is 0.252 e. The molecule has 0 aromatic heterocycles. The number of halogens is 2. The lowest BCUT2D eigenvalue weighted by Gasteiger charge is -2.25. The van der Waals surface area contributed by atoms with Gasteiger partial charge in [0.1, 0.15) is 0 Å². The summed E-state index contributed by atoms with van der Waals surface area (Å²) in [6, 6.07) is 5.50. The Balaban J connectivity index is 1.87. The second kappa shape index (κ2) is 6.62. The Hall–Kier alpha value is -0.730. The monoisotopic (exact) mass is 299 g/mol. The fourth-order valence-electron chi connectivity index (χ4n) is 2.46. The fraction of sp³-hybridized carbons (Fsp3) is 0.533. The lowest BCUT2D eigenvalue weighted by Crippen LogP contribution is -2.31. The summed E-state index contributed by atoms with van der Waals surface area (Å²) >= 11 is 12.2. The van der Waals surface area contributed by atoms with Gasteiger partial charge in [0.2, 0.25) is 0 Å². The third-order valence-electron chi connectivity index (χ3n) is 3.70. The molecule has 1 aromatic carbocycles. The zero-order valence-electron chi connectivity index (χ0n) is 11.1. The highest BCUT2D eigenvalue weighted by molar-refractivity contribution is 6.33. The van der Waals surface area contributed by atoms with E-state index in [0.29, 0.717) is 28.4 Å². The van der Waals surface area contributed by atoms with Gasteiger partial charge in [0, 0.05) is 11.9 Å². The summed E-state index contributed by atoms with van der Waals surface area (Å²) in [5, 5.41) is 3.81. The molecule has 0 atom stereocenters. The predicted octanol–water partition coefficient (Wildman–Crippen LogP) is 4.18. The third-order valence-corrected chi connectivity index (χ3v) is 4.45. The summed E-state index contributed by atoms with van der Waals surface area (Å²) in [5.74, 6) is 0.459. The van der Waals surface area contributed by atoms with E-state index >= 15 is 0 Å². The van der Waals surface area contributed by atoms with Crippen LogP contribution in [0.3, 0.4) is 0 Å². The van der Waals surface area contributed by atoms with Crippen molar-refractivity contribution in [3.8, 4) is 0 Å². The van der Waals surface area contributed by atoms with Gasteiger partial charge in [-0.25, -0.2) is 0 Å². The summed E-state index contributed by atoms with van der Waals surface area (Å²) in [6.45, 7) is 2.67. The van der Waals surface area contributed by atoms with E-state index in [0.717, 1.165) is 31.2 Å². The van der Waals surface area contributed by atoms with Crippen LogP contribution in [0.2, 0.25) is 5.02 Å². The average Bonchev–Trinajstić information content (AvgIpc) is 2.37. The predicted molar refractivity (Wildman–Crippen MR) is 80.1 cm³/mol. The van der Waals surface area contributed by atoms with Crippen molar-refractivity contribution in [3.05, 3.63) is 34.3 Å². The Morgan fingerprint density at radius 2 is 2.00 bits per heavy atom. The van der Waals surface area contributed by atoms with Crippen LogP contribution in [0.1, 0.15) is 41.6 Å². The van der Waals surface area contributed by atoms with E-state index in [1.54, 1.807) is 6.07 Å². The number of carbonyl (C=O) groups is 1. The van der Waals surface area contributed by atoms with Crippen LogP contribution in [-0.2, 0) is 0 Å². The Bertz CT molecular complexity index is 453. The molecule has 4 heteroatoms. The average molecular weight is 300 g/mol. The molecular formula is C15H19Cl2NO. The van der Waals surface area contributed by atoms with E-state index in [-0.39, 0.29) is 5.91 Å². The van der Waals surface area contributed by atoms with Gasteiger partial charge in [-0.15, -0.1) is 11.6 Å². The first-order valence-corrected chi connectivity index (χ1v) is 7.56. The second-order valence-corrected chi connectivity index (χ2v) is 6.34. The molecule has 0 saturated heterocycles. The van der Waals surface area contributed by atoms with Crippen LogP contribution in [0.25, 0.3) is 0 Å². The highest BCUT2D eigenvalue weighted by atomic mass is 35.5. The number of rotatable bonds is 3. The van der Waals surface area contributed by atoms with E-state index in [4.69, 9.17) is 23.2 Å². The fourth-order valence-corrected chi connectivity index (χ4v) is 3.04. The minimum absolute atomic E-state index is 0.0852. The first-order chi connectivity index (χ1) is 9.06. The number of alkyl halides is 1. The number of benzene rings is 1. The van der Waals surface area contributed by atoms with Gasteiger partial charge < -0.3 is 5.32 Å². The van der Waals surface area contributed by atoms with Crippen LogP contribution in [0.4, 0.5) is 0 Å². The zero-order chi connectivity index (χ0) is 13.8. The highest BCUT2D eigenvalue weighted by Gasteiger charge is 2.20. The normalized spacial score (nSPS) is 23.1. The molecule has 0 radical (unpaired) electrons. The molecule has 1 saturated carbocycles. The molecule has 104 valence electrons. The van der Waals surface area contributed by atoms with Crippen molar-refractivity contribution in [2.75, 3.05) is 6.54 Å². The summed E-state index contributed by atoms with van der Waals surface area (Å²) in [5.41, 5.74) is 1.61. The number of aryl methyl sites for hydroxylation is 1. The molecular weight excluding hydrogens is 281 g/mol. The van der Waals surface area contributed by atoms with Crippen molar-refractivity contribution < 1.29 is 4.79 Å². The maximum absolute atomic E-state index is 12.1. The van der Waals surface area contributed by atoms with Crippen molar-refractivity contribution >= 4 is 29.1 Å². The summed E-state index contributed by atoms with van der Waals surface area (Å²) in [6.07, 6.45) is 4.28. The van der Waals surface area contributed by atoms with Crippen molar-refractivity contribution in [1.82, 2.24) is 5.32 Å². The molecule has 1 aromatic rings. The second-order valence-electron chi connectivity index (χ2n) is 5.31. The highest BCUT2D eigenvalue weighted by Crippen LogP contribution is 2.27. The van der Waals surface area contributed by atoms with Crippen LogP contribution >= 0.6 is 23.2 Å². The van der Waals surface area contributed by atoms with Gasteiger partial charge in [-0.1, -0.05) is 17.7 Å². The van der Waals surface area contributed by atoms with Crippen LogP contribution in [0.5, 0.6) is 0 Å². The van der Waals surface area contributed by atoms with Crippen molar-refractivity contribution in [3.63, 3.8) is 0 Å². The Morgan fingerprint density at radius 1 is 1.32 bits per heavy atom. The van der Waals surface area contributed by atoms with Gasteiger partial charge in [-0.05, 0) is 56.2 Å². The molecule has 0 spiro atoms. The molecule has 0 heterocycles. The van der Waals surface area contributed by atoms with E-state index in [2.05, 4.69) is 5.32 Å². The molecule has 1 aliphatic rings. The largest absolute Gasteiger partial charge is 0.352 e. The van der Waals surface area contributed by atoms with Crippen LogP contribution in [0, 0.1) is 12.8 Å². The van der Waals surface area contributed by atoms with Crippen LogP contribution in [-0.4, -0.2) is 17.8 Å². The number of carbonyl (C=O) groups excluding carboxylic acids is 1. The maximum Gasteiger partial charge on any atom is 0.252 e. The van der Waals surface area contributed by atoms with Gasteiger partial charge in [0.25, 0.3) is 5.91 Å². The SMILES string of the molecule is Cc1ccc(C(=O)NCC2CCC(Cl)CC2)c(Cl)c1. The summed E-state index contributed by atoms with van der Waals surface area (Å²) in [4.78, 5) is 12.1. The standard InChI is InChI=1S/C15H19Cl2NO/c1-10-2-7-13(14(17)8-10)15(19)18-9-11-3-5-12(16)6-4-11/h2,7-8,11-12H,3-6,9H2,1H3,(H,18,19). The molecule has 2 rings (SSSR count). The van der Waals surface area contributed by atoms with Gasteiger partial charge in [-0.3, -0.25) is 4.79 Å². The number of hydrogen-bond donors (Lipinski definition) is 1. The molecule has 1 amide bonds. The van der Waals surface area contributed by atoms with Crippen LogP contribution in [0.15, 0.2) is 18.2 Å². The molecule has 0 aliphatic heterocycles. The first-order valence-electron chi connectivity index (χ1n) is 6.74. The van der Waals surface area contributed by atoms with Crippen molar-refractivity contribution in [1.29, 1.82) is 0 Å². The number of nitrogens with one attached hydrogen (secondary N) is 1. The molecule has 0 unspecified atom stereocenters.